The first-order valence-corrected chi connectivity index (χ1v) is 7.93. The van der Waals surface area contributed by atoms with Crippen LogP contribution in [0.1, 0.15) is 58.3 Å². The number of ether oxygens (including phenoxy) is 1. The van der Waals surface area contributed by atoms with Gasteiger partial charge in [0.15, 0.2) is 0 Å². The predicted octanol–water partition coefficient (Wildman–Crippen LogP) is 4.08. The van der Waals surface area contributed by atoms with Crippen LogP contribution in [0.3, 0.4) is 0 Å². The topological polar surface area (TPSA) is 9.23 Å². The van der Waals surface area contributed by atoms with E-state index in [1.54, 1.807) is 0 Å². The van der Waals surface area contributed by atoms with Crippen molar-refractivity contribution in [1.82, 2.24) is 0 Å². The van der Waals surface area contributed by atoms with Crippen LogP contribution in [0.25, 0.3) is 0 Å². The first kappa shape index (κ1) is 10.8. The number of halogens is 1. The van der Waals surface area contributed by atoms with Crippen molar-refractivity contribution in [3.63, 3.8) is 0 Å². The number of rotatable bonds is 1. The molecule has 1 aliphatic heterocycles. The molecule has 0 aromatic heterocycles. The minimum atomic E-state index is 0.191. The zero-order valence-electron chi connectivity index (χ0n) is 9.65. The van der Waals surface area contributed by atoms with E-state index in [9.17, 15) is 0 Å². The molecular weight excluding hydrogens is 299 g/mol. The molecule has 86 valence electrons. The average Bonchev–Trinajstić information content (AvgIpc) is 2.84. The van der Waals surface area contributed by atoms with Crippen molar-refractivity contribution in [3.8, 4) is 0 Å². The molecule has 2 spiro atoms. The number of hydrogen-bond acceptors (Lipinski definition) is 1. The second-order valence-electron chi connectivity index (χ2n) is 6.17. The van der Waals surface area contributed by atoms with Gasteiger partial charge in [0.25, 0.3) is 0 Å². The Kier molecular flexibility index (Phi) is 2.41. The van der Waals surface area contributed by atoms with E-state index in [4.69, 9.17) is 4.74 Å². The minimum absolute atomic E-state index is 0.191. The molecule has 1 heterocycles. The summed E-state index contributed by atoms with van der Waals surface area (Å²) in [6, 6.07) is 0. The van der Waals surface area contributed by atoms with E-state index in [2.05, 4.69) is 29.5 Å². The third kappa shape index (κ3) is 1.36. The fourth-order valence-electron chi connectivity index (χ4n) is 4.20. The van der Waals surface area contributed by atoms with Gasteiger partial charge in [-0.2, -0.15) is 0 Å². The minimum Gasteiger partial charge on any atom is -0.367 e. The summed E-state index contributed by atoms with van der Waals surface area (Å²) in [7, 11) is 0. The summed E-state index contributed by atoms with van der Waals surface area (Å²) < 4.78 is 7.71. The van der Waals surface area contributed by atoms with Crippen molar-refractivity contribution >= 4 is 22.6 Å². The van der Waals surface area contributed by atoms with Crippen molar-refractivity contribution in [2.45, 2.75) is 69.5 Å². The highest BCUT2D eigenvalue weighted by Crippen LogP contribution is 2.66. The molecular formula is C13H21IO. The molecule has 0 amide bonds. The SMILES string of the molecule is CC1(CI)CCC2(CCC23CCCC3)O1. The summed E-state index contributed by atoms with van der Waals surface area (Å²) in [6.45, 7) is 2.31. The summed E-state index contributed by atoms with van der Waals surface area (Å²) in [6.07, 6.45) is 11.2. The van der Waals surface area contributed by atoms with E-state index in [-0.39, 0.29) is 5.60 Å². The van der Waals surface area contributed by atoms with E-state index >= 15 is 0 Å². The fourth-order valence-corrected chi connectivity index (χ4v) is 4.74. The second-order valence-corrected chi connectivity index (χ2v) is 6.93. The van der Waals surface area contributed by atoms with Crippen LogP contribution >= 0.6 is 22.6 Å². The highest BCUT2D eigenvalue weighted by atomic mass is 127. The predicted molar refractivity (Wildman–Crippen MR) is 70.5 cm³/mol. The normalized spacial score (nSPS) is 47.6. The lowest BCUT2D eigenvalue weighted by molar-refractivity contribution is -0.211. The lowest BCUT2D eigenvalue weighted by Gasteiger charge is -2.56. The molecule has 1 saturated heterocycles. The van der Waals surface area contributed by atoms with Gasteiger partial charge in [0.1, 0.15) is 0 Å². The van der Waals surface area contributed by atoms with Crippen molar-refractivity contribution in [3.05, 3.63) is 0 Å². The number of fused-ring (bicyclic) bond motifs is 1. The Morgan fingerprint density at radius 2 is 1.67 bits per heavy atom. The highest BCUT2D eigenvalue weighted by molar-refractivity contribution is 14.1. The maximum atomic E-state index is 6.55. The molecule has 2 unspecified atom stereocenters. The van der Waals surface area contributed by atoms with Crippen LogP contribution in [0.2, 0.25) is 0 Å². The van der Waals surface area contributed by atoms with Crippen molar-refractivity contribution in [2.24, 2.45) is 5.41 Å². The molecule has 15 heavy (non-hydrogen) atoms. The maximum Gasteiger partial charge on any atom is 0.0752 e. The molecule has 2 aliphatic carbocycles. The van der Waals surface area contributed by atoms with Gasteiger partial charge in [-0.3, -0.25) is 0 Å². The second kappa shape index (κ2) is 3.34. The molecule has 0 bridgehead atoms. The van der Waals surface area contributed by atoms with Crippen molar-refractivity contribution in [1.29, 1.82) is 0 Å². The van der Waals surface area contributed by atoms with Gasteiger partial charge in [-0.25, -0.2) is 0 Å². The summed E-state index contributed by atoms with van der Waals surface area (Å²) in [5.74, 6) is 0. The van der Waals surface area contributed by atoms with E-state index in [1.807, 2.05) is 0 Å². The quantitative estimate of drug-likeness (QED) is 0.522. The number of hydrogen-bond donors (Lipinski definition) is 0. The van der Waals surface area contributed by atoms with Crippen LogP contribution in [-0.2, 0) is 4.74 Å². The Bertz CT molecular complexity index is 272. The third-order valence-corrected chi connectivity index (χ3v) is 6.93. The molecule has 1 nitrogen and oxygen atoms in total. The molecule has 0 radical (unpaired) electrons. The van der Waals surface area contributed by atoms with Crippen molar-refractivity contribution < 1.29 is 4.74 Å². The highest BCUT2D eigenvalue weighted by Gasteiger charge is 2.64. The van der Waals surface area contributed by atoms with E-state index in [0.717, 1.165) is 4.43 Å². The fraction of sp³-hybridized carbons (Fsp3) is 1.00. The Morgan fingerprint density at radius 1 is 1.00 bits per heavy atom. The van der Waals surface area contributed by atoms with Gasteiger partial charge in [-0.1, -0.05) is 35.4 Å². The average molecular weight is 320 g/mol. The molecule has 3 rings (SSSR count). The standard InChI is InChI=1S/C13H21IO/c1-11(10-14)6-8-13(15-11)9-7-12(13)4-2-3-5-12/h2-10H2,1H3. The van der Waals surface area contributed by atoms with Gasteiger partial charge in [-0.15, -0.1) is 0 Å². The van der Waals surface area contributed by atoms with Gasteiger partial charge in [0, 0.05) is 4.43 Å². The molecule has 2 saturated carbocycles. The van der Waals surface area contributed by atoms with Gasteiger partial charge in [0.2, 0.25) is 0 Å². The summed E-state index contributed by atoms with van der Waals surface area (Å²) in [4.78, 5) is 0. The largest absolute Gasteiger partial charge is 0.367 e. The molecule has 3 fully saturated rings. The molecule has 0 N–H and O–H groups in total. The van der Waals surface area contributed by atoms with Gasteiger partial charge in [-0.05, 0) is 50.9 Å². The Labute approximate surface area is 106 Å². The lowest BCUT2D eigenvalue weighted by Crippen LogP contribution is -2.56. The van der Waals surface area contributed by atoms with Gasteiger partial charge >= 0.3 is 0 Å². The van der Waals surface area contributed by atoms with E-state index in [0.29, 0.717) is 11.0 Å². The van der Waals surface area contributed by atoms with E-state index in [1.165, 1.54) is 51.4 Å². The zero-order valence-corrected chi connectivity index (χ0v) is 11.8. The van der Waals surface area contributed by atoms with Gasteiger partial charge < -0.3 is 4.74 Å². The smallest absolute Gasteiger partial charge is 0.0752 e. The van der Waals surface area contributed by atoms with Gasteiger partial charge in [0.05, 0.1) is 11.2 Å². The van der Waals surface area contributed by atoms with Crippen LogP contribution in [-0.4, -0.2) is 15.6 Å². The van der Waals surface area contributed by atoms with E-state index < -0.39 is 0 Å². The Morgan fingerprint density at radius 3 is 2.13 bits per heavy atom. The van der Waals surface area contributed by atoms with Crippen molar-refractivity contribution in [2.75, 3.05) is 4.43 Å². The molecule has 2 atom stereocenters. The first-order valence-electron chi connectivity index (χ1n) is 6.40. The third-order valence-electron chi connectivity index (χ3n) is 5.32. The first-order chi connectivity index (χ1) is 7.14. The Balaban J connectivity index is 1.82. The molecule has 0 aromatic carbocycles. The summed E-state index contributed by atoms with van der Waals surface area (Å²) in [5, 5.41) is 0. The number of alkyl halides is 1. The van der Waals surface area contributed by atoms with Crippen LogP contribution in [0.4, 0.5) is 0 Å². The molecule has 3 aliphatic rings. The zero-order chi connectivity index (χ0) is 10.6. The van der Waals surface area contributed by atoms with Crippen LogP contribution in [0, 0.1) is 5.41 Å². The summed E-state index contributed by atoms with van der Waals surface area (Å²) in [5.41, 5.74) is 1.14. The van der Waals surface area contributed by atoms with Crippen LogP contribution in [0.5, 0.6) is 0 Å². The lowest BCUT2D eigenvalue weighted by atomic mass is 9.54. The van der Waals surface area contributed by atoms with Crippen LogP contribution < -0.4 is 0 Å². The Hall–Kier alpha value is 0.690. The molecule has 2 heteroatoms. The summed E-state index contributed by atoms with van der Waals surface area (Å²) >= 11 is 2.49. The van der Waals surface area contributed by atoms with Crippen LogP contribution in [0.15, 0.2) is 0 Å². The maximum absolute atomic E-state index is 6.55. The monoisotopic (exact) mass is 320 g/mol. The molecule has 0 aromatic rings.